The van der Waals surface area contributed by atoms with E-state index in [0.717, 1.165) is 49.7 Å². The van der Waals surface area contributed by atoms with Gasteiger partial charge in [0.2, 0.25) is 5.41 Å². The second-order valence-electron chi connectivity index (χ2n) is 14.7. The molecule has 8 rings (SSSR count). The lowest BCUT2D eigenvalue weighted by Crippen LogP contribution is -2.90. The van der Waals surface area contributed by atoms with Gasteiger partial charge in [0, 0.05) is 11.8 Å². The van der Waals surface area contributed by atoms with Crippen LogP contribution in [0.3, 0.4) is 0 Å². The molecule has 6 fully saturated rings. The predicted molar refractivity (Wildman–Crippen MR) is 183 cm³/mol. The zero-order chi connectivity index (χ0) is 33.2. The molecule has 2 N–H and O–H groups in total. The highest BCUT2D eigenvalue weighted by Gasteiger charge is 2.99. The number of hydrogen-bond acceptors (Lipinski definition) is 8. The van der Waals surface area contributed by atoms with E-state index in [1.165, 1.54) is 32.1 Å². The van der Waals surface area contributed by atoms with E-state index < -0.39 is 45.8 Å². The molecule has 8 nitrogen and oxygen atoms in total. The van der Waals surface area contributed by atoms with Crippen LogP contribution in [0, 0.1) is 17.3 Å². The van der Waals surface area contributed by atoms with Crippen molar-refractivity contribution in [1.82, 2.24) is 0 Å². The third-order valence-electron chi connectivity index (χ3n) is 10.5. The van der Waals surface area contributed by atoms with Crippen molar-refractivity contribution in [2.24, 2.45) is 17.3 Å². The van der Waals surface area contributed by atoms with Crippen LogP contribution in [0.25, 0.3) is 0 Å². The summed E-state index contributed by atoms with van der Waals surface area (Å²) in [5.74, 6) is -4.72. The Hall–Kier alpha value is -1.02. The Balaban J connectivity index is 1.40. The number of benzene rings is 2. The Morgan fingerprint density at radius 3 is 1.26 bits per heavy atom. The molecule has 0 atom stereocenters. The summed E-state index contributed by atoms with van der Waals surface area (Å²) in [4.78, 5) is 0. The lowest BCUT2D eigenvalue weighted by Gasteiger charge is -2.77. The van der Waals surface area contributed by atoms with Crippen molar-refractivity contribution in [3.8, 4) is 0 Å². The van der Waals surface area contributed by atoms with Gasteiger partial charge in [0.15, 0.2) is 5.79 Å². The monoisotopic (exact) mass is 688 g/mol. The molecule has 4 bridgehead atoms. The van der Waals surface area contributed by atoms with Gasteiger partial charge in [-0.2, -0.15) is 0 Å². The summed E-state index contributed by atoms with van der Waals surface area (Å²) in [6.07, 6.45) is 13.1. The number of unbranched alkanes of at least 4 members (excludes halogenated alkanes) is 8. The Kier molecular flexibility index (Phi) is 11.2. The minimum absolute atomic E-state index is 0.0410. The topological polar surface area (TPSA) is 95.8 Å². The highest BCUT2D eigenvalue weighted by atomic mass is 31.2. The molecule has 260 valence electrons. The third-order valence-corrected chi connectivity index (χ3v) is 12.8. The van der Waals surface area contributed by atoms with Gasteiger partial charge in [0.25, 0.3) is 0 Å². The molecule has 10 heteroatoms. The molecule has 2 aromatic carbocycles. The molecule has 6 aliphatic rings. The van der Waals surface area contributed by atoms with E-state index >= 15 is 0 Å². The summed E-state index contributed by atoms with van der Waals surface area (Å²) in [5, 5.41) is 25.6. The fourth-order valence-corrected chi connectivity index (χ4v) is 10.3. The van der Waals surface area contributed by atoms with Crippen molar-refractivity contribution in [3.05, 3.63) is 71.8 Å². The van der Waals surface area contributed by atoms with Gasteiger partial charge < -0.3 is 10.2 Å². The first-order chi connectivity index (χ1) is 22.6. The van der Waals surface area contributed by atoms with E-state index in [-0.39, 0.29) is 6.42 Å². The van der Waals surface area contributed by atoms with Gasteiger partial charge in [-0.1, -0.05) is 159 Å². The summed E-state index contributed by atoms with van der Waals surface area (Å²) in [7, 11) is -3.14. The lowest BCUT2D eigenvalue weighted by molar-refractivity contribution is -0.603. The molecule has 0 aromatic heterocycles. The van der Waals surface area contributed by atoms with E-state index in [4.69, 9.17) is 27.1 Å². The molecule has 6 saturated heterocycles. The van der Waals surface area contributed by atoms with Crippen molar-refractivity contribution in [2.45, 2.75) is 141 Å². The van der Waals surface area contributed by atoms with Gasteiger partial charge in [-0.25, -0.2) is 0 Å². The van der Waals surface area contributed by atoms with Gasteiger partial charge >= 0.3 is 29.2 Å². The van der Waals surface area contributed by atoms with Gasteiger partial charge in [-0.15, -0.1) is 0 Å². The first kappa shape index (κ1) is 35.8. The number of hydrogen-bond donors (Lipinski definition) is 2. The quantitative estimate of drug-likeness (QED) is 0.0717. The molecule has 6 aliphatic heterocycles. The molecule has 47 heavy (non-hydrogen) atoms. The summed E-state index contributed by atoms with van der Waals surface area (Å²) in [6, 6.07) is 20.1. The highest BCUT2D eigenvalue weighted by molar-refractivity contribution is 7.45. The van der Waals surface area contributed by atoms with Crippen molar-refractivity contribution < 1.29 is 37.4 Å². The van der Waals surface area contributed by atoms with Crippen LogP contribution in [0.15, 0.2) is 60.7 Å². The number of rotatable bonds is 22. The minimum Gasteiger partial charge on any atom is -0.365 e. The SMILES string of the molecule is CC(C)CCCCCCCC(O)(O)C(C12OP(O1)O2)(C12OP(O1)O2)C(CCCCCCCC(C)C)(c1ccccc1)c1ccccc1. The van der Waals surface area contributed by atoms with Crippen LogP contribution < -0.4 is 0 Å². The van der Waals surface area contributed by atoms with Crippen LogP contribution in [-0.4, -0.2) is 27.9 Å². The zero-order valence-electron chi connectivity index (χ0n) is 28.6. The maximum absolute atomic E-state index is 12.8. The second kappa shape index (κ2) is 14.7. The molecule has 0 unspecified atom stereocenters. The molecular weight excluding hydrogens is 634 g/mol. The molecule has 0 radical (unpaired) electrons. The zero-order valence-corrected chi connectivity index (χ0v) is 30.4. The largest absolute Gasteiger partial charge is 0.365 e. The van der Waals surface area contributed by atoms with Crippen LogP contribution in [0.1, 0.15) is 129 Å². The predicted octanol–water partition coefficient (Wildman–Crippen LogP) is 10.3. The Morgan fingerprint density at radius 2 is 0.894 bits per heavy atom. The molecule has 0 amide bonds. The van der Waals surface area contributed by atoms with Gasteiger partial charge in [0.05, 0.1) is 0 Å². The highest BCUT2D eigenvalue weighted by Crippen LogP contribution is 2.92. The molecule has 0 aliphatic carbocycles. The molecule has 0 spiro atoms. The lowest BCUT2D eigenvalue weighted by atomic mass is 9.48. The first-order valence-electron chi connectivity index (χ1n) is 17.9. The average Bonchev–Trinajstić information content (AvgIpc) is 2.95. The first-order valence-corrected chi connectivity index (χ1v) is 20.1. The van der Waals surface area contributed by atoms with E-state index in [0.29, 0.717) is 24.7 Å². The molecule has 6 heterocycles. The molecule has 2 aromatic rings. The minimum atomic E-state index is -2.45. The summed E-state index contributed by atoms with van der Waals surface area (Å²) in [5.41, 5.74) is -1.33. The van der Waals surface area contributed by atoms with Crippen molar-refractivity contribution in [1.29, 1.82) is 0 Å². The van der Waals surface area contributed by atoms with Gasteiger partial charge in [-0.3, -0.25) is 27.1 Å². The maximum Gasteiger partial charge on any atom is 0.346 e. The van der Waals surface area contributed by atoms with Crippen LogP contribution >= 0.6 is 17.2 Å². The Morgan fingerprint density at radius 1 is 0.532 bits per heavy atom. The maximum atomic E-state index is 12.8. The van der Waals surface area contributed by atoms with Gasteiger partial charge in [0.1, 0.15) is 0 Å². The molecular formula is C37H54O8P2. The van der Waals surface area contributed by atoms with E-state index in [9.17, 15) is 10.2 Å². The van der Waals surface area contributed by atoms with Crippen LogP contribution in [-0.2, 0) is 32.6 Å². The number of aliphatic hydroxyl groups is 2. The van der Waals surface area contributed by atoms with Crippen LogP contribution in [0.4, 0.5) is 0 Å². The second-order valence-corrected chi connectivity index (χ2v) is 16.7. The van der Waals surface area contributed by atoms with Crippen molar-refractivity contribution in [3.63, 3.8) is 0 Å². The Labute approximate surface area is 283 Å². The summed E-state index contributed by atoms with van der Waals surface area (Å²) >= 11 is 0. The fourth-order valence-electron chi connectivity index (χ4n) is 8.22. The smallest absolute Gasteiger partial charge is 0.346 e. The average molecular weight is 689 g/mol. The summed E-state index contributed by atoms with van der Waals surface area (Å²) < 4.78 is 37.8. The van der Waals surface area contributed by atoms with Crippen molar-refractivity contribution in [2.75, 3.05) is 0 Å². The van der Waals surface area contributed by atoms with Gasteiger partial charge in [-0.05, 0) is 35.8 Å². The van der Waals surface area contributed by atoms with Crippen LogP contribution in [0.2, 0.25) is 0 Å². The standard InChI is InChI=1S/C37H54O8P2/c1-29(2)21-13-7-5-9-19-27-33(31-23-15-11-16-24-31,32-25-17-12-18-26-32)35(36-40-46(41-36)42-36,37-43-47(44-37)45-37)34(38,39)28-20-10-6-8-14-22-30(3)4/h11-12,15-18,23-26,29-30,38-39H,5-10,13-14,19-22,27-28H2,1-4H3. The molecule has 0 saturated carbocycles. The van der Waals surface area contributed by atoms with Crippen LogP contribution in [0.5, 0.6) is 0 Å². The van der Waals surface area contributed by atoms with E-state index in [1.807, 2.05) is 60.7 Å². The Bertz CT molecular complexity index is 1190. The normalized spacial score (nSPS) is 27.5. The van der Waals surface area contributed by atoms with E-state index in [1.54, 1.807) is 0 Å². The van der Waals surface area contributed by atoms with Crippen molar-refractivity contribution >= 4 is 17.2 Å². The summed E-state index contributed by atoms with van der Waals surface area (Å²) in [6.45, 7) is 9.04. The third kappa shape index (κ3) is 6.29. The van der Waals surface area contributed by atoms with E-state index in [2.05, 4.69) is 27.7 Å². The fraction of sp³-hybridized carbons (Fsp3) is 0.676.